The average molecular weight is 170 g/mol. The molecule has 0 aromatic rings. The van der Waals surface area contributed by atoms with Crippen molar-refractivity contribution in [3.05, 3.63) is 11.8 Å². The maximum absolute atomic E-state index is 5.70. The van der Waals surface area contributed by atoms with Crippen LogP contribution < -0.4 is 5.84 Å². The highest BCUT2D eigenvalue weighted by Gasteiger charge is 2.02. The molecule has 0 unspecified atom stereocenters. The molecule has 2 N–H and O–H groups in total. The Morgan fingerprint density at radius 1 is 1.42 bits per heavy atom. The van der Waals surface area contributed by atoms with Crippen LogP contribution in [0.3, 0.4) is 0 Å². The van der Waals surface area contributed by atoms with Gasteiger partial charge >= 0.3 is 0 Å². The highest BCUT2D eigenvalue weighted by atomic mass is 15.4. The molecule has 0 saturated heterocycles. The topological polar surface area (TPSA) is 29.3 Å². The summed E-state index contributed by atoms with van der Waals surface area (Å²) in [6.45, 7) is 9.55. The standard InChI is InChI=1S/C10H22N2/c1-5-7-10(9(3)4)8-12(11)6-2/h8-9H,5-7,11H2,1-4H3/b10-8+. The van der Waals surface area contributed by atoms with Crippen LogP contribution in [0.4, 0.5) is 0 Å². The highest BCUT2D eigenvalue weighted by molar-refractivity contribution is 5.03. The van der Waals surface area contributed by atoms with E-state index in [9.17, 15) is 0 Å². The Morgan fingerprint density at radius 2 is 2.00 bits per heavy atom. The van der Waals surface area contributed by atoms with Gasteiger partial charge in [0.15, 0.2) is 0 Å². The third kappa shape index (κ3) is 4.39. The molecule has 0 heterocycles. The van der Waals surface area contributed by atoms with E-state index in [2.05, 4.69) is 33.9 Å². The molecule has 0 saturated carbocycles. The van der Waals surface area contributed by atoms with E-state index in [1.807, 2.05) is 0 Å². The Kier molecular flexibility index (Phi) is 5.81. The number of hydrogen-bond donors (Lipinski definition) is 1. The minimum absolute atomic E-state index is 0.613. The smallest absolute Gasteiger partial charge is 0.0306 e. The summed E-state index contributed by atoms with van der Waals surface area (Å²) < 4.78 is 0. The van der Waals surface area contributed by atoms with Crippen molar-refractivity contribution in [3.63, 3.8) is 0 Å². The minimum atomic E-state index is 0.613. The predicted molar refractivity (Wildman–Crippen MR) is 54.4 cm³/mol. The molecular weight excluding hydrogens is 148 g/mol. The predicted octanol–water partition coefficient (Wildman–Crippen LogP) is 2.52. The van der Waals surface area contributed by atoms with E-state index in [0.717, 1.165) is 13.0 Å². The monoisotopic (exact) mass is 170 g/mol. The second kappa shape index (κ2) is 6.06. The van der Waals surface area contributed by atoms with Crippen LogP contribution in [0, 0.1) is 5.92 Å². The quantitative estimate of drug-likeness (QED) is 0.507. The molecule has 0 aromatic heterocycles. The number of rotatable bonds is 5. The van der Waals surface area contributed by atoms with Gasteiger partial charge < -0.3 is 5.01 Å². The average Bonchev–Trinajstić information content (AvgIpc) is 2.03. The van der Waals surface area contributed by atoms with Crippen molar-refractivity contribution >= 4 is 0 Å². The number of hydrogen-bond acceptors (Lipinski definition) is 2. The maximum Gasteiger partial charge on any atom is 0.0306 e. The lowest BCUT2D eigenvalue weighted by Gasteiger charge is -2.16. The van der Waals surface area contributed by atoms with Crippen molar-refractivity contribution in [3.8, 4) is 0 Å². The van der Waals surface area contributed by atoms with Crippen LogP contribution in [0.1, 0.15) is 40.5 Å². The molecule has 0 aliphatic heterocycles. The summed E-state index contributed by atoms with van der Waals surface area (Å²) in [5.41, 5.74) is 1.45. The Labute approximate surface area is 76.4 Å². The van der Waals surface area contributed by atoms with Crippen LogP contribution in [0.25, 0.3) is 0 Å². The van der Waals surface area contributed by atoms with E-state index >= 15 is 0 Å². The summed E-state index contributed by atoms with van der Waals surface area (Å²) in [6.07, 6.45) is 4.43. The van der Waals surface area contributed by atoms with Crippen LogP contribution in [-0.2, 0) is 0 Å². The van der Waals surface area contributed by atoms with Gasteiger partial charge in [0.25, 0.3) is 0 Å². The van der Waals surface area contributed by atoms with Crippen LogP contribution >= 0.6 is 0 Å². The molecule has 0 rings (SSSR count). The molecule has 2 heteroatoms. The van der Waals surface area contributed by atoms with E-state index in [1.165, 1.54) is 12.0 Å². The van der Waals surface area contributed by atoms with Crippen molar-refractivity contribution in [1.29, 1.82) is 0 Å². The first-order chi connectivity index (χ1) is 5.61. The van der Waals surface area contributed by atoms with Gasteiger partial charge in [0.2, 0.25) is 0 Å². The number of hydrazine groups is 1. The number of nitrogens with two attached hydrogens (primary N) is 1. The van der Waals surface area contributed by atoms with Crippen molar-refractivity contribution < 1.29 is 0 Å². The summed E-state index contributed by atoms with van der Waals surface area (Å²) in [6, 6.07) is 0. The lowest BCUT2D eigenvalue weighted by atomic mass is 10.00. The first kappa shape index (κ1) is 11.5. The molecule has 0 spiro atoms. The lowest BCUT2D eigenvalue weighted by Crippen LogP contribution is -2.25. The summed E-state index contributed by atoms with van der Waals surface area (Å²) >= 11 is 0. The molecule has 2 nitrogen and oxygen atoms in total. The molecule has 0 aliphatic carbocycles. The summed E-state index contributed by atoms with van der Waals surface area (Å²) in [7, 11) is 0. The minimum Gasteiger partial charge on any atom is -0.319 e. The van der Waals surface area contributed by atoms with Crippen molar-refractivity contribution in [2.24, 2.45) is 11.8 Å². The zero-order valence-corrected chi connectivity index (χ0v) is 8.80. The zero-order valence-electron chi connectivity index (χ0n) is 8.80. The third-order valence-corrected chi connectivity index (χ3v) is 1.98. The summed E-state index contributed by atoms with van der Waals surface area (Å²) in [5.74, 6) is 6.31. The normalized spacial score (nSPS) is 12.3. The molecule has 0 amide bonds. The zero-order chi connectivity index (χ0) is 9.56. The molecule has 0 fully saturated rings. The van der Waals surface area contributed by atoms with E-state index < -0.39 is 0 Å². The van der Waals surface area contributed by atoms with Gasteiger partial charge in [-0.25, -0.2) is 5.84 Å². The van der Waals surface area contributed by atoms with E-state index in [0.29, 0.717) is 5.92 Å². The maximum atomic E-state index is 5.70. The molecule has 12 heavy (non-hydrogen) atoms. The van der Waals surface area contributed by atoms with Gasteiger partial charge in [0, 0.05) is 12.7 Å². The second-order valence-electron chi connectivity index (χ2n) is 3.44. The van der Waals surface area contributed by atoms with Crippen molar-refractivity contribution in [2.75, 3.05) is 6.54 Å². The van der Waals surface area contributed by atoms with Gasteiger partial charge in [-0.05, 0) is 19.3 Å². The number of nitrogens with zero attached hydrogens (tertiary/aromatic N) is 1. The van der Waals surface area contributed by atoms with Gasteiger partial charge in [-0.15, -0.1) is 0 Å². The van der Waals surface area contributed by atoms with Crippen LogP contribution in [0.2, 0.25) is 0 Å². The Bertz CT molecular complexity index is 139. The number of allylic oxidation sites excluding steroid dienone is 1. The Morgan fingerprint density at radius 3 is 2.33 bits per heavy atom. The lowest BCUT2D eigenvalue weighted by molar-refractivity contribution is 0.406. The fraction of sp³-hybridized carbons (Fsp3) is 0.800. The molecular formula is C10H22N2. The van der Waals surface area contributed by atoms with Gasteiger partial charge in [-0.1, -0.05) is 32.8 Å². The molecule has 0 radical (unpaired) electrons. The SMILES string of the molecule is CCC/C(=C\N(N)CC)C(C)C. The second-order valence-corrected chi connectivity index (χ2v) is 3.44. The molecule has 0 bridgehead atoms. The molecule has 72 valence electrons. The Balaban J connectivity index is 4.16. The first-order valence-electron chi connectivity index (χ1n) is 4.83. The fourth-order valence-electron chi connectivity index (χ4n) is 1.10. The van der Waals surface area contributed by atoms with E-state index in [1.54, 1.807) is 5.01 Å². The Hall–Kier alpha value is -0.500. The van der Waals surface area contributed by atoms with Gasteiger partial charge in [0.1, 0.15) is 0 Å². The van der Waals surface area contributed by atoms with Crippen LogP contribution in [0.15, 0.2) is 11.8 Å². The molecule has 0 atom stereocenters. The van der Waals surface area contributed by atoms with Crippen LogP contribution in [0.5, 0.6) is 0 Å². The first-order valence-corrected chi connectivity index (χ1v) is 4.83. The third-order valence-electron chi connectivity index (χ3n) is 1.98. The van der Waals surface area contributed by atoms with Crippen molar-refractivity contribution in [1.82, 2.24) is 5.01 Å². The van der Waals surface area contributed by atoms with Gasteiger partial charge in [-0.3, -0.25) is 0 Å². The highest BCUT2D eigenvalue weighted by Crippen LogP contribution is 2.15. The van der Waals surface area contributed by atoms with E-state index in [-0.39, 0.29) is 0 Å². The van der Waals surface area contributed by atoms with Crippen molar-refractivity contribution in [2.45, 2.75) is 40.5 Å². The largest absolute Gasteiger partial charge is 0.319 e. The molecule has 0 aliphatic rings. The van der Waals surface area contributed by atoms with Gasteiger partial charge in [-0.2, -0.15) is 0 Å². The van der Waals surface area contributed by atoms with E-state index in [4.69, 9.17) is 5.84 Å². The van der Waals surface area contributed by atoms with Gasteiger partial charge in [0.05, 0.1) is 0 Å². The van der Waals surface area contributed by atoms with Crippen LogP contribution in [-0.4, -0.2) is 11.6 Å². The summed E-state index contributed by atoms with van der Waals surface area (Å²) in [4.78, 5) is 0. The fourth-order valence-corrected chi connectivity index (χ4v) is 1.10. The molecule has 0 aromatic carbocycles. The summed E-state index contributed by atoms with van der Waals surface area (Å²) in [5, 5.41) is 1.75.